The maximum absolute atomic E-state index is 14.2. The number of carbonyl (C=O) groups excluding carboxylic acids is 1. The van der Waals surface area contributed by atoms with Crippen LogP contribution in [0.1, 0.15) is 23.8 Å². The van der Waals surface area contributed by atoms with Crippen molar-refractivity contribution < 1.29 is 13.7 Å². The van der Waals surface area contributed by atoms with Gasteiger partial charge in [0.25, 0.3) is 0 Å². The first kappa shape index (κ1) is 16.9. The number of anilines is 1. The van der Waals surface area contributed by atoms with E-state index in [1.807, 2.05) is 31.2 Å². The molecule has 1 atom stereocenters. The maximum atomic E-state index is 14.2. The zero-order valence-corrected chi connectivity index (χ0v) is 15.5. The number of nitrogens with zero attached hydrogens (tertiary/aromatic N) is 3. The predicted molar refractivity (Wildman–Crippen MR) is 98.3 cm³/mol. The third-order valence-electron chi connectivity index (χ3n) is 4.39. The number of halogens is 2. The Labute approximate surface area is 158 Å². The minimum atomic E-state index is -0.403. The molecule has 5 nitrogen and oxygen atoms in total. The molecule has 1 fully saturated rings. The highest BCUT2D eigenvalue weighted by Gasteiger charge is 2.36. The van der Waals surface area contributed by atoms with E-state index in [1.165, 1.54) is 11.0 Å². The molecule has 132 valence electrons. The number of aromatic nitrogens is 2. The molecule has 0 saturated carbocycles. The fourth-order valence-corrected chi connectivity index (χ4v) is 3.48. The zero-order chi connectivity index (χ0) is 18.3. The number of aryl methyl sites for hydroxylation is 1. The summed E-state index contributed by atoms with van der Waals surface area (Å²) in [6.07, 6.45) is 0.216. The summed E-state index contributed by atoms with van der Waals surface area (Å²) < 4.78 is 20.5. The molecule has 1 aliphatic heterocycles. The molecule has 0 aliphatic carbocycles. The van der Waals surface area contributed by atoms with Gasteiger partial charge in [-0.3, -0.25) is 4.79 Å². The first-order chi connectivity index (χ1) is 12.5. The van der Waals surface area contributed by atoms with Crippen LogP contribution in [-0.2, 0) is 4.79 Å². The van der Waals surface area contributed by atoms with Crippen molar-refractivity contribution in [1.82, 2.24) is 10.1 Å². The summed E-state index contributed by atoms with van der Waals surface area (Å²) in [5.74, 6) is 0.0491. The number of amides is 1. The van der Waals surface area contributed by atoms with Crippen molar-refractivity contribution in [2.75, 3.05) is 11.4 Å². The van der Waals surface area contributed by atoms with Gasteiger partial charge < -0.3 is 9.42 Å². The van der Waals surface area contributed by atoms with Crippen molar-refractivity contribution >= 4 is 27.5 Å². The summed E-state index contributed by atoms with van der Waals surface area (Å²) in [7, 11) is 0. The molecular weight excluding hydrogens is 401 g/mol. The minimum Gasteiger partial charge on any atom is -0.339 e. The van der Waals surface area contributed by atoms with E-state index in [1.54, 1.807) is 12.1 Å². The normalized spacial score (nSPS) is 17.1. The van der Waals surface area contributed by atoms with Crippen molar-refractivity contribution in [3.63, 3.8) is 0 Å². The smallest absolute Gasteiger partial charge is 0.232 e. The molecule has 2 heterocycles. The summed E-state index contributed by atoms with van der Waals surface area (Å²) in [6.45, 7) is 2.13. The minimum absolute atomic E-state index is 0.153. The fraction of sp³-hybridized carbons (Fsp3) is 0.211. The molecule has 1 amide bonds. The van der Waals surface area contributed by atoms with Crippen LogP contribution in [0.15, 0.2) is 51.5 Å². The molecule has 3 aromatic rings. The lowest BCUT2D eigenvalue weighted by Crippen LogP contribution is -2.25. The highest BCUT2D eigenvalue weighted by Crippen LogP contribution is 2.33. The third kappa shape index (κ3) is 3.14. The second-order valence-corrected chi connectivity index (χ2v) is 7.24. The lowest BCUT2D eigenvalue weighted by molar-refractivity contribution is -0.117. The predicted octanol–water partition coefficient (Wildman–Crippen LogP) is 4.47. The molecule has 1 saturated heterocycles. The van der Waals surface area contributed by atoms with Gasteiger partial charge in [0.2, 0.25) is 17.6 Å². The number of hydrogen-bond donors (Lipinski definition) is 0. The third-order valence-corrected chi connectivity index (χ3v) is 4.89. The summed E-state index contributed by atoms with van der Waals surface area (Å²) in [4.78, 5) is 18.3. The van der Waals surface area contributed by atoms with Gasteiger partial charge in [-0.25, -0.2) is 4.39 Å². The second-order valence-electron chi connectivity index (χ2n) is 6.33. The molecule has 1 aliphatic rings. The lowest BCUT2D eigenvalue weighted by atomic mass is 10.1. The van der Waals surface area contributed by atoms with Gasteiger partial charge in [0, 0.05) is 23.0 Å². The van der Waals surface area contributed by atoms with Crippen LogP contribution in [0.5, 0.6) is 0 Å². The molecular formula is C19H15BrFN3O2. The Kier molecular flexibility index (Phi) is 4.32. The molecule has 7 heteroatoms. The molecule has 0 bridgehead atoms. The van der Waals surface area contributed by atoms with Crippen LogP contribution in [-0.4, -0.2) is 22.6 Å². The van der Waals surface area contributed by atoms with Crippen molar-refractivity contribution in [1.29, 1.82) is 0 Å². The Hall–Kier alpha value is -2.54. The molecule has 0 spiro atoms. The van der Waals surface area contributed by atoms with Crippen LogP contribution in [0.2, 0.25) is 0 Å². The van der Waals surface area contributed by atoms with Gasteiger partial charge in [-0.2, -0.15) is 4.98 Å². The summed E-state index contributed by atoms with van der Waals surface area (Å²) >= 11 is 3.41. The Morgan fingerprint density at radius 1 is 1.27 bits per heavy atom. The van der Waals surface area contributed by atoms with E-state index < -0.39 is 5.82 Å². The molecule has 1 aromatic heterocycles. The van der Waals surface area contributed by atoms with E-state index in [2.05, 4.69) is 26.1 Å². The SMILES string of the molecule is Cc1ccc(N2CC(c3nc(-c4cccc(Br)c4)no3)CC2=O)c(F)c1. The number of benzene rings is 2. The van der Waals surface area contributed by atoms with E-state index >= 15 is 0 Å². The Morgan fingerprint density at radius 2 is 2.12 bits per heavy atom. The first-order valence-corrected chi connectivity index (χ1v) is 8.96. The van der Waals surface area contributed by atoms with E-state index in [4.69, 9.17) is 4.52 Å². The van der Waals surface area contributed by atoms with Gasteiger partial charge in [0.15, 0.2) is 0 Å². The molecule has 4 rings (SSSR count). The van der Waals surface area contributed by atoms with Gasteiger partial charge in [-0.1, -0.05) is 39.3 Å². The van der Waals surface area contributed by atoms with Gasteiger partial charge in [-0.05, 0) is 36.8 Å². The van der Waals surface area contributed by atoms with Crippen LogP contribution < -0.4 is 4.90 Å². The van der Waals surface area contributed by atoms with Crippen molar-refractivity contribution in [2.45, 2.75) is 19.3 Å². The quantitative estimate of drug-likeness (QED) is 0.633. The molecule has 26 heavy (non-hydrogen) atoms. The number of carbonyl (C=O) groups is 1. The van der Waals surface area contributed by atoms with Gasteiger partial charge in [0.1, 0.15) is 5.82 Å². The summed E-state index contributed by atoms with van der Waals surface area (Å²) in [6, 6.07) is 12.4. The first-order valence-electron chi connectivity index (χ1n) is 8.17. The van der Waals surface area contributed by atoms with E-state index in [9.17, 15) is 9.18 Å². The van der Waals surface area contributed by atoms with E-state index in [-0.39, 0.29) is 23.9 Å². The number of hydrogen-bond acceptors (Lipinski definition) is 4. The van der Waals surface area contributed by atoms with Crippen LogP contribution in [0.25, 0.3) is 11.4 Å². The topological polar surface area (TPSA) is 59.2 Å². The maximum Gasteiger partial charge on any atom is 0.232 e. The van der Waals surface area contributed by atoms with Crippen molar-refractivity contribution in [3.05, 3.63) is 64.2 Å². The summed E-state index contributed by atoms with van der Waals surface area (Å²) in [5.41, 5.74) is 1.92. The molecule has 0 radical (unpaired) electrons. The van der Waals surface area contributed by atoms with Crippen LogP contribution >= 0.6 is 15.9 Å². The summed E-state index contributed by atoms with van der Waals surface area (Å²) in [5, 5.41) is 4.01. The zero-order valence-electron chi connectivity index (χ0n) is 13.9. The molecule has 2 aromatic carbocycles. The van der Waals surface area contributed by atoms with E-state index in [0.717, 1.165) is 15.6 Å². The lowest BCUT2D eigenvalue weighted by Gasteiger charge is -2.17. The molecule has 1 unspecified atom stereocenters. The monoisotopic (exact) mass is 415 g/mol. The Bertz CT molecular complexity index is 988. The second kappa shape index (κ2) is 6.64. The average Bonchev–Trinajstić information content (AvgIpc) is 3.22. The van der Waals surface area contributed by atoms with Crippen LogP contribution in [0, 0.1) is 12.7 Å². The Balaban J connectivity index is 1.58. The standard InChI is InChI=1S/C19H15BrFN3O2/c1-11-5-6-16(15(21)7-11)24-10-13(9-17(24)25)19-22-18(23-26-19)12-3-2-4-14(20)8-12/h2-8,13H,9-10H2,1H3. The highest BCUT2D eigenvalue weighted by atomic mass is 79.9. The van der Waals surface area contributed by atoms with Crippen LogP contribution in [0.4, 0.5) is 10.1 Å². The average molecular weight is 416 g/mol. The largest absolute Gasteiger partial charge is 0.339 e. The van der Waals surface area contributed by atoms with Gasteiger partial charge >= 0.3 is 0 Å². The van der Waals surface area contributed by atoms with Crippen LogP contribution in [0.3, 0.4) is 0 Å². The van der Waals surface area contributed by atoms with Gasteiger partial charge in [-0.15, -0.1) is 0 Å². The van der Waals surface area contributed by atoms with Gasteiger partial charge in [0.05, 0.1) is 11.6 Å². The van der Waals surface area contributed by atoms with E-state index in [0.29, 0.717) is 18.3 Å². The number of rotatable bonds is 3. The van der Waals surface area contributed by atoms with Crippen molar-refractivity contribution in [3.8, 4) is 11.4 Å². The highest BCUT2D eigenvalue weighted by molar-refractivity contribution is 9.10. The Morgan fingerprint density at radius 3 is 2.88 bits per heavy atom. The fourth-order valence-electron chi connectivity index (χ4n) is 3.08. The molecule has 0 N–H and O–H groups in total. The van der Waals surface area contributed by atoms with Crippen molar-refractivity contribution in [2.24, 2.45) is 0 Å².